The molecule has 0 radical (unpaired) electrons. The van der Waals surface area contributed by atoms with Crippen molar-refractivity contribution in [1.82, 2.24) is 5.32 Å². The number of nitrogens with one attached hydrogen (secondary N) is 1. The van der Waals surface area contributed by atoms with E-state index in [2.05, 4.69) is 11.4 Å². The largest absolute Gasteiger partial charge is 0.416 e. The number of alkyl halides is 3. The maximum absolute atomic E-state index is 13.1. The SMILES string of the molecule is COCCNC(=O)c1cccc(-c2cccc3cc(CN(C)c4cccc(C(F)(F)F)c4)sc23)c1. The lowest BCUT2D eigenvalue weighted by Gasteiger charge is -2.19. The highest BCUT2D eigenvalue weighted by Crippen LogP contribution is 2.37. The summed E-state index contributed by atoms with van der Waals surface area (Å²) < 4.78 is 45.4. The molecule has 35 heavy (non-hydrogen) atoms. The van der Waals surface area contributed by atoms with Gasteiger partial charge in [-0.05, 0) is 52.9 Å². The topological polar surface area (TPSA) is 41.6 Å². The van der Waals surface area contributed by atoms with Crippen LogP contribution in [0.5, 0.6) is 0 Å². The van der Waals surface area contributed by atoms with E-state index < -0.39 is 11.7 Å². The van der Waals surface area contributed by atoms with Crippen LogP contribution in [0, 0.1) is 0 Å². The van der Waals surface area contributed by atoms with Gasteiger partial charge < -0.3 is 15.0 Å². The van der Waals surface area contributed by atoms with Gasteiger partial charge in [-0.15, -0.1) is 11.3 Å². The number of carbonyl (C=O) groups is 1. The molecule has 0 unspecified atom stereocenters. The molecule has 0 aliphatic carbocycles. The number of fused-ring (bicyclic) bond motifs is 1. The molecule has 3 aromatic carbocycles. The van der Waals surface area contributed by atoms with Crippen LogP contribution in [0.15, 0.2) is 72.8 Å². The summed E-state index contributed by atoms with van der Waals surface area (Å²) in [5.74, 6) is -0.161. The zero-order valence-corrected chi connectivity index (χ0v) is 20.2. The minimum absolute atomic E-state index is 0.161. The van der Waals surface area contributed by atoms with Crippen molar-refractivity contribution in [3.63, 3.8) is 0 Å². The number of nitrogens with zero attached hydrogens (tertiary/aromatic N) is 1. The third kappa shape index (κ3) is 5.83. The smallest absolute Gasteiger partial charge is 0.383 e. The molecule has 0 bridgehead atoms. The van der Waals surface area contributed by atoms with Gasteiger partial charge in [0.2, 0.25) is 0 Å². The molecule has 0 aliphatic rings. The van der Waals surface area contributed by atoms with Crippen LogP contribution in [-0.2, 0) is 17.5 Å². The lowest BCUT2D eigenvalue weighted by molar-refractivity contribution is -0.137. The minimum Gasteiger partial charge on any atom is -0.383 e. The molecule has 0 saturated heterocycles. The summed E-state index contributed by atoms with van der Waals surface area (Å²) in [4.78, 5) is 15.3. The number of anilines is 1. The van der Waals surface area contributed by atoms with Gasteiger partial charge in [-0.25, -0.2) is 0 Å². The molecule has 4 nitrogen and oxygen atoms in total. The summed E-state index contributed by atoms with van der Waals surface area (Å²) in [6.07, 6.45) is -4.38. The monoisotopic (exact) mass is 498 g/mol. The fourth-order valence-corrected chi connectivity index (χ4v) is 5.11. The first-order valence-electron chi connectivity index (χ1n) is 11.0. The van der Waals surface area contributed by atoms with Crippen LogP contribution in [0.3, 0.4) is 0 Å². The van der Waals surface area contributed by atoms with E-state index in [0.717, 1.165) is 32.2 Å². The second kappa shape index (κ2) is 10.5. The summed E-state index contributed by atoms with van der Waals surface area (Å²) in [5, 5.41) is 3.88. The molecule has 1 N–H and O–H groups in total. The first-order valence-corrected chi connectivity index (χ1v) is 11.9. The van der Waals surface area contributed by atoms with Crippen LogP contribution in [0.1, 0.15) is 20.8 Å². The number of thiophene rings is 1. The Kier molecular flexibility index (Phi) is 7.42. The molecule has 0 atom stereocenters. The fraction of sp³-hybridized carbons (Fsp3) is 0.222. The Morgan fingerprint density at radius 2 is 1.80 bits per heavy atom. The number of halogens is 3. The number of benzene rings is 3. The first kappa shape index (κ1) is 24.8. The lowest BCUT2D eigenvalue weighted by Crippen LogP contribution is -2.26. The number of hydrogen-bond donors (Lipinski definition) is 1. The number of methoxy groups -OCH3 is 1. The highest BCUT2D eigenvalue weighted by Gasteiger charge is 2.30. The fourth-order valence-electron chi connectivity index (χ4n) is 3.86. The quantitative estimate of drug-likeness (QED) is 0.278. The summed E-state index contributed by atoms with van der Waals surface area (Å²) in [6.45, 7) is 1.35. The zero-order valence-electron chi connectivity index (χ0n) is 19.4. The average Bonchev–Trinajstić information content (AvgIpc) is 3.26. The van der Waals surface area contributed by atoms with Crippen molar-refractivity contribution >= 4 is 33.0 Å². The number of amides is 1. The van der Waals surface area contributed by atoms with Crippen molar-refractivity contribution in [3.05, 3.63) is 88.8 Å². The number of hydrogen-bond acceptors (Lipinski definition) is 4. The van der Waals surface area contributed by atoms with E-state index in [1.165, 1.54) is 12.1 Å². The van der Waals surface area contributed by atoms with Gasteiger partial charge in [-0.3, -0.25) is 4.79 Å². The van der Waals surface area contributed by atoms with Crippen molar-refractivity contribution in [2.24, 2.45) is 0 Å². The Labute approximate surface area is 206 Å². The van der Waals surface area contributed by atoms with Crippen molar-refractivity contribution in [2.45, 2.75) is 12.7 Å². The number of ether oxygens (including phenoxy) is 1. The first-order chi connectivity index (χ1) is 16.8. The molecular formula is C27H25F3N2O2S. The molecule has 0 fully saturated rings. The van der Waals surface area contributed by atoms with Crippen LogP contribution in [0.2, 0.25) is 0 Å². The van der Waals surface area contributed by atoms with Gasteiger partial charge in [0.05, 0.1) is 18.7 Å². The second-order valence-electron chi connectivity index (χ2n) is 8.17. The molecule has 1 amide bonds. The average molecular weight is 499 g/mol. The van der Waals surface area contributed by atoms with E-state index >= 15 is 0 Å². The van der Waals surface area contributed by atoms with Crippen LogP contribution in [0.25, 0.3) is 21.2 Å². The van der Waals surface area contributed by atoms with E-state index in [1.54, 1.807) is 37.6 Å². The van der Waals surface area contributed by atoms with Crippen molar-refractivity contribution < 1.29 is 22.7 Å². The van der Waals surface area contributed by atoms with E-state index in [9.17, 15) is 18.0 Å². The van der Waals surface area contributed by atoms with Gasteiger partial charge in [-0.2, -0.15) is 13.2 Å². The highest BCUT2D eigenvalue weighted by molar-refractivity contribution is 7.19. The Balaban J connectivity index is 1.59. The van der Waals surface area contributed by atoms with Gasteiger partial charge >= 0.3 is 6.18 Å². The molecule has 0 aliphatic heterocycles. The third-order valence-corrected chi connectivity index (χ3v) is 6.80. The molecule has 0 spiro atoms. The zero-order chi connectivity index (χ0) is 25.0. The highest BCUT2D eigenvalue weighted by atomic mass is 32.1. The van der Waals surface area contributed by atoms with Crippen LogP contribution in [0.4, 0.5) is 18.9 Å². The molecule has 8 heteroatoms. The van der Waals surface area contributed by atoms with Gasteiger partial charge in [0.1, 0.15) is 0 Å². The van der Waals surface area contributed by atoms with E-state index in [-0.39, 0.29) is 5.91 Å². The predicted octanol–water partition coefficient (Wildman–Crippen LogP) is 6.60. The molecule has 182 valence electrons. The van der Waals surface area contributed by atoms with Gasteiger partial charge in [-0.1, -0.05) is 36.4 Å². The van der Waals surface area contributed by atoms with Gasteiger partial charge in [0.15, 0.2) is 0 Å². The maximum atomic E-state index is 13.1. The normalized spacial score (nSPS) is 11.6. The van der Waals surface area contributed by atoms with Crippen LogP contribution < -0.4 is 10.2 Å². The second-order valence-corrected chi connectivity index (χ2v) is 9.31. The molecule has 0 saturated carbocycles. The lowest BCUT2D eigenvalue weighted by atomic mass is 10.0. The van der Waals surface area contributed by atoms with Crippen molar-refractivity contribution in [2.75, 3.05) is 32.2 Å². The molecule has 4 rings (SSSR count). The van der Waals surface area contributed by atoms with E-state index in [0.29, 0.717) is 30.9 Å². The summed E-state index contributed by atoms with van der Waals surface area (Å²) in [7, 11) is 3.37. The number of carbonyl (C=O) groups excluding carboxylic acids is 1. The van der Waals surface area contributed by atoms with Crippen molar-refractivity contribution in [1.29, 1.82) is 0 Å². The maximum Gasteiger partial charge on any atom is 0.416 e. The Morgan fingerprint density at radius 3 is 2.57 bits per heavy atom. The minimum atomic E-state index is -4.38. The molecule has 4 aromatic rings. The van der Waals surface area contributed by atoms with Crippen LogP contribution in [-0.4, -0.2) is 33.2 Å². The molecule has 1 aromatic heterocycles. The standard InChI is InChI=1S/C27H25F3N2O2S/c1-32(22-10-5-9-21(16-22)27(28,29)30)17-23-15-19-7-4-11-24(25(19)35-23)18-6-3-8-20(14-18)26(33)31-12-13-34-2/h3-11,14-16H,12-13,17H2,1-2H3,(H,31,33). The molecule has 1 heterocycles. The molecular weight excluding hydrogens is 473 g/mol. The van der Waals surface area contributed by atoms with Crippen LogP contribution >= 0.6 is 11.3 Å². The summed E-state index contributed by atoms with van der Waals surface area (Å²) in [6, 6.07) is 20.9. The predicted molar refractivity (Wildman–Crippen MR) is 135 cm³/mol. The summed E-state index contributed by atoms with van der Waals surface area (Å²) >= 11 is 1.60. The van der Waals surface area contributed by atoms with Gasteiger partial charge in [0, 0.05) is 41.5 Å². The van der Waals surface area contributed by atoms with E-state index in [4.69, 9.17) is 4.74 Å². The Hall–Kier alpha value is -3.36. The van der Waals surface area contributed by atoms with Gasteiger partial charge in [0.25, 0.3) is 5.91 Å². The number of rotatable bonds is 8. The Bertz CT molecular complexity index is 1330. The van der Waals surface area contributed by atoms with E-state index in [1.807, 2.05) is 41.3 Å². The Morgan fingerprint density at radius 1 is 1.03 bits per heavy atom. The van der Waals surface area contributed by atoms with Crippen molar-refractivity contribution in [3.8, 4) is 11.1 Å². The summed E-state index contributed by atoms with van der Waals surface area (Å²) in [5.41, 5.74) is 2.34. The third-order valence-electron chi connectivity index (χ3n) is 5.63.